The van der Waals surface area contributed by atoms with E-state index < -0.39 is 70.4 Å². The van der Waals surface area contributed by atoms with Crippen molar-refractivity contribution >= 4 is 0 Å². The number of allylic oxidation sites excluding steroid dienone is 4. The molecule has 206 valence electrons. The maximum Gasteiger partial charge on any atom is 0.459 e. The summed E-state index contributed by atoms with van der Waals surface area (Å²) in [4.78, 5) is 0. The van der Waals surface area contributed by atoms with Crippen molar-refractivity contribution in [3.63, 3.8) is 0 Å². The second kappa shape index (κ2) is 11.1. The third-order valence-electron chi connectivity index (χ3n) is 5.37. The van der Waals surface area contributed by atoms with E-state index in [2.05, 4.69) is 9.47 Å². The van der Waals surface area contributed by atoms with Crippen LogP contribution in [-0.2, 0) is 6.11 Å². The zero-order chi connectivity index (χ0) is 28.4. The van der Waals surface area contributed by atoms with Gasteiger partial charge in [0.25, 0.3) is 5.83 Å². The van der Waals surface area contributed by atoms with Gasteiger partial charge in [0.15, 0.2) is 17.4 Å². The number of hydrogen-bond acceptors (Lipinski definition) is 2. The number of rotatable bonds is 9. The first kappa shape index (κ1) is 29.1. The molecular formula is C25H17F11O2. The van der Waals surface area contributed by atoms with Crippen LogP contribution in [0.4, 0.5) is 48.3 Å². The molecule has 0 spiro atoms. The predicted molar refractivity (Wildman–Crippen MR) is 113 cm³/mol. The van der Waals surface area contributed by atoms with E-state index in [1.165, 1.54) is 0 Å². The van der Waals surface area contributed by atoms with Gasteiger partial charge in [0.1, 0.15) is 22.9 Å². The largest absolute Gasteiger partial charge is 0.459 e. The molecule has 0 saturated carbocycles. The summed E-state index contributed by atoms with van der Waals surface area (Å²) in [5, 5.41) is 0. The molecule has 0 amide bonds. The molecule has 0 aliphatic heterocycles. The zero-order valence-corrected chi connectivity index (χ0v) is 19.2. The second-order valence-electron chi connectivity index (χ2n) is 8.12. The van der Waals surface area contributed by atoms with E-state index in [0.717, 1.165) is 18.4 Å². The summed E-state index contributed by atoms with van der Waals surface area (Å²) in [5.74, 6) is -15.4. The third-order valence-corrected chi connectivity index (χ3v) is 5.37. The van der Waals surface area contributed by atoms with Crippen LogP contribution in [0.1, 0.15) is 43.2 Å². The summed E-state index contributed by atoms with van der Waals surface area (Å²) in [5.41, 5.74) is -0.855. The Morgan fingerprint density at radius 1 is 0.868 bits per heavy atom. The Morgan fingerprint density at radius 3 is 1.92 bits per heavy atom. The zero-order valence-electron chi connectivity index (χ0n) is 19.2. The first-order valence-electron chi connectivity index (χ1n) is 10.9. The summed E-state index contributed by atoms with van der Waals surface area (Å²) in [6.45, 7) is 1.96. The van der Waals surface area contributed by atoms with Gasteiger partial charge in [-0.1, -0.05) is 37.1 Å². The van der Waals surface area contributed by atoms with Crippen LogP contribution in [0.15, 0.2) is 60.0 Å². The van der Waals surface area contributed by atoms with Gasteiger partial charge in [-0.2, -0.15) is 30.7 Å². The fourth-order valence-electron chi connectivity index (χ4n) is 3.65. The summed E-state index contributed by atoms with van der Waals surface area (Å²) < 4.78 is 158. The van der Waals surface area contributed by atoms with E-state index in [0.29, 0.717) is 18.6 Å². The van der Waals surface area contributed by atoms with Gasteiger partial charge in [-0.15, -0.1) is 0 Å². The molecule has 0 radical (unpaired) electrons. The van der Waals surface area contributed by atoms with Gasteiger partial charge >= 0.3 is 18.3 Å². The number of halogens is 11. The molecule has 3 rings (SSSR count). The van der Waals surface area contributed by atoms with Crippen molar-refractivity contribution in [3.05, 3.63) is 94.4 Å². The van der Waals surface area contributed by atoms with Gasteiger partial charge in [0.2, 0.25) is 0 Å². The maximum atomic E-state index is 14.6. The minimum Gasteiger partial charge on any atom is -0.429 e. The van der Waals surface area contributed by atoms with Gasteiger partial charge in [-0.3, -0.25) is 0 Å². The molecule has 1 unspecified atom stereocenters. The van der Waals surface area contributed by atoms with E-state index in [-0.39, 0.29) is 17.7 Å². The fourth-order valence-corrected chi connectivity index (χ4v) is 3.65. The van der Waals surface area contributed by atoms with Crippen LogP contribution in [0.3, 0.4) is 0 Å². The van der Waals surface area contributed by atoms with Gasteiger partial charge in [-0.05, 0) is 30.5 Å². The highest BCUT2D eigenvalue weighted by Gasteiger charge is 2.45. The highest BCUT2D eigenvalue weighted by atomic mass is 19.3. The Balaban J connectivity index is 1.85. The van der Waals surface area contributed by atoms with Crippen LogP contribution in [0.25, 0.3) is 0 Å². The van der Waals surface area contributed by atoms with E-state index in [1.54, 1.807) is 12.2 Å². The first-order chi connectivity index (χ1) is 17.7. The molecule has 0 N–H and O–H groups in total. The molecule has 0 aromatic heterocycles. The predicted octanol–water partition coefficient (Wildman–Crippen LogP) is 9.19. The number of benzene rings is 2. The van der Waals surface area contributed by atoms with Gasteiger partial charge in [-0.25, -0.2) is 17.6 Å². The molecule has 13 heteroatoms. The molecule has 1 aliphatic carbocycles. The van der Waals surface area contributed by atoms with Gasteiger partial charge in [0, 0.05) is 18.1 Å². The van der Waals surface area contributed by atoms with E-state index in [1.807, 2.05) is 13.0 Å². The molecule has 1 atom stereocenters. The monoisotopic (exact) mass is 558 g/mol. The van der Waals surface area contributed by atoms with Crippen molar-refractivity contribution in [1.82, 2.24) is 0 Å². The number of ether oxygens (including phenoxy) is 2. The lowest BCUT2D eigenvalue weighted by Crippen LogP contribution is -2.27. The second-order valence-corrected chi connectivity index (χ2v) is 8.12. The van der Waals surface area contributed by atoms with Crippen molar-refractivity contribution in [2.24, 2.45) is 0 Å². The van der Waals surface area contributed by atoms with Gasteiger partial charge in [0.05, 0.1) is 0 Å². The standard InChI is InChI=1S/C25H17F11O2/c1-2-3-12-4-6-13(7-5-12)14-8-16(26)20(17(27)9-14)24(33,34)37-15-10-18(28)21(19(29)11-15)38-25(35,36)22(30)23(31)32/h4-6,8-11,13H,2-3,7H2,1H3. The summed E-state index contributed by atoms with van der Waals surface area (Å²) >= 11 is 0. The van der Waals surface area contributed by atoms with Crippen LogP contribution in [0, 0.1) is 23.3 Å². The Morgan fingerprint density at radius 2 is 1.45 bits per heavy atom. The van der Waals surface area contributed by atoms with Crippen molar-refractivity contribution in [2.75, 3.05) is 0 Å². The van der Waals surface area contributed by atoms with Crippen LogP contribution in [0.2, 0.25) is 0 Å². The molecule has 1 aliphatic rings. The van der Waals surface area contributed by atoms with Crippen LogP contribution in [0.5, 0.6) is 11.5 Å². The summed E-state index contributed by atoms with van der Waals surface area (Å²) in [6, 6.07) is 0.977. The average Bonchev–Trinajstić information content (AvgIpc) is 2.80. The lowest BCUT2D eigenvalue weighted by Gasteiger charge is -2.22. The third kappa shape index (κ3) is 6.30. The maximum absolute atomic E-state index is 14.6. The van der Waals surface area contributed by atoms with Crippen molar-refractivity contribution in [3.8, 4) is 11.5 Å². The van der Waals surface area contributed by atoms with E-state index in [9.17, 15) is 48.3 Å². The number of alkyl halides is 4. The molecule has 0 saturated heterocycles. The lowest BCUT2D eigenvalue weighted by atomic mass is 9.88. The molecular weight excluding hydrogens is 541 g/mol. The Hall–Kier alpha value is -3.51. The van der Waals surface area contributed by atoms with Crippen molar-refractivity contribution in [2.45, 2.75) is 44.3 Å². The molecule has 2 nitrogen and oxygen atoms in total. The lowest BCUT2D eigenvalue weighted by molar-refractivity contribution is -0.190. The first-order valence-corrected chi connectivity index (χ1v) is 10.9. The highest BCUT2D eigenvalue weighted by molar-refractivity contribution is 5.39. The Kier molecular flexibility index (Phi) is 8.47. The molecule has 2 aromatic rings. The molecule has 0 bridgehead atoms. The van der Waals surface area contributed by atoms with Crippen LogP contribution in [-0.4, -0.2) is 6.11 Å². The Labute approximate surface area is 208 Å². The molecule has 0 heterocycles. The smallest absolute Gasteiger partial charge is 0.429 e. The van der Waals surface area contributed by atoms with Crippen LogP contribution >= 0.6 is 0 Å². The van der Waals surface area contributed by atoms with Crippen molar-refractivity contribution in [1.29, 1.82) is 0 Å². The van der Waals surface area contributed by atoms with E-state index >= 15 is 0 Å². The molecule has 0 fully saturated rings. The van der Waals surface area contributed by atoms with Crippen LogP contribution < -0.4 is 9.47 Å². The minimum atomic E-state index is -5.51. The summed E-state index contributed by atoms with van der Waals surface area (Å²) in [6.07, 6.45) is -6.62. The topological polar surface area (TPSA) is 18.5 Å². The summed E-state index contributed by atoms with van der Waals surface area (Å²) in [7, 11) is 0. The normalized spacial score (nSPS) is 15.8. The van der Waals surface area contributed by atoms with Gasteiger partial charge < -0.3 is 9.47 Å². The quantitative estimate of drug-likeness (QED) is 0.286. The number of hydrogen-bond donors (Lipinski definition) is 0. The Bertz CT molecular complexity index is 1250. The SMILES string of the molecule is CCCC1=CCC(c2cc(F)c(C(F)(F)Oc3cc(F)c(OC(F)(F)C(F)=C(F)F)c(F)c3)c(F)c2)C=C1. The fraction of sp³-hybridized carbons (Fsp3) is 0.280. The highest BCUT2D eigenvalue weighted by Crippen LogP contribution is 2.40. The minimum absolute atomic E-state index is 0.0353. The molecule has 38 heavy (non-hydrogen) atoms. The molecule has 2 aromatic carbocycles. The van der Waals surface area contributed by atoms with Crippen molar-refractivity contribution < 1.29 is 57.8 Å². The van der Waals surface area contributed by atoms with E-state index in [4.69, 9.17) is 0 Å². The average molecular weight is 558 g/mol.